The van der Waals surface area contributed by atoms with Gasteiger partial charge in [-0.2, -0.15) is 4.89 Å². The lowest BCUT2D eigenvalue weighted by atomic mass is 9.55. The van der Waals surface area contributed by atoms with Crippen LogP contribution in [-0.4, -0.2) is 17.8 Å². The fourth-order valence-electron chi connectivity index (χ4n) is 5.90. The molecule has 1 aromatic rings. The number of benzene rings is 1. The first-order valence-corrected chi connectivity index (χ1v) is 10.2. The second-order valence-corrected chi connectivity index (χ2v) is 8.67. The van der Waals surface area contributed by atoms with Crippen LogP contribution in [0.15, 0.2) is 18.2 Å². The van der Waals surface area contributed by atoms with Crippen LogP contribution in [0.5, 0.6) is 5.75 Å². The number of hydrogen-bond donors (Lipinski definition) is 1. The van der Waals surface area contributed by atoms with E-state index >= 15 is 0 Å². The van der Waals surface area contributed by atoms with Crippen molar-refractivity contribution in [3.63, 3.8) is 0 Å². The molecule has 2 fully saturated rings. The zero-order valence-electron chi connectivity index (χ0n) is 15.7. The van der Waals surface area contributed by atoms with Crippen molar-refractivity contribution < 1.29 is 14.9 Å². The third-order valence-corrected chi connectivity index (χ3v) is 7.38. The molecule has 3 aliphatic rings. The second kappa shape index (κ2) is 6.92. The molecule has 4 rings (SSSR count). The molecule has 0 saturated heterocycles. The summed E-state index contributed by atoms with van der Waals surface area (Å²) < 4.78 is 0. The lowest BCUT2D eigenvalue weighted by Crippen LogP contribution is -2.43. The van der Waals surface area contributed by atoms with Crippen LogP contribution in [0.1, 0.15) is 75.8 Å². The Kier molecular flexibility index (Phi) is 4.81. The summed E-state index contributed by atoms with van der Waals surface area (Å²) in [5, 5.41) is 10.5. The molecule has 1 N–H and O–H groups in total. The molecule has 0 heterocycles. The Bertz CT molecular complexity index is 613. The molecule has 2 saturated carbocycles. The molecule has 0 bridgehead atoms. The number of aryl methyl sites for hydroxylation is 1. The standard InChI is InChI=1S/C22H32O3/c1-3-4-13-24-25-16-6-8-17-15(14-16)5-7-19-18(17)11-12-22(2)20(19)9-10-21(22)23/h6,8,14,18-21,23H,3-5,7,9-13H2,1-2H3/t18-,19-,20+,21+,22+/m1/s1. The quantitative estimate of drug-likeness (QED) is 0.463. The van der Waals surface area contributed by atoms with Gasteiger partial charge in [0.05, 0.1) is 12.7 Å². The maximum absolute atomic E-state index is 10.5. The van der Waals surface area contributed by atoms with Crippen molar-refractivity contribution in [1.82, 2.24) is 0 Å². The molecule has 138 valence electrons. The average molecular weight is 344 g/mol. The minimum atomic E-state index is -0.0871. The van der Waals surface area contributed by atoms with E-state index in [0.29, 0.717) is 18.4 Å². The van der Waals surface area contributed by atoms with Crippen molar-refractivity contribution in [2.45, 2.75) is 77.2 Å². The largest absolute Gasteiger partial charge is 0.393 e. The molecule has 5 atom stereocenters. The molecule has 3 nitrogen and oxygen atoms in total. The number of aliphatic hydroxyl groups excluding tert-OH is 1. The number of fused-ring (bicyclic) bond motifs is 5. The SMILES string of the molecule is CCCCOOc1ccc2c(c1)CC[C@@H]1[C@@H]2CC[C@]2(C)[C@@H](O)CC[C@@H]12. The highest BCUT2D eigenvalue weighted by atomic mass is 17.2. The van der Waals surface area contributed by atoms with Gasteiger partial charge in [0.1, 0.15) is 0 Å². The van der Waals surface area contributed by atoms with Crippen molar-refractivity contribution in [2.24, 2.45) is 17.3 Å². The van der Waals surface area contributed by atoms with Crippen molar-refractivity contribution in [1.29, 1.82) is 0 Å². The van der Waals surface area contributed by atoms with Gasteiger partial charge in [-0.15, -0.1) is 0 Å². The molecule has 0 aliphatic heterocycles. The highest BCUT2D eigenvalue weighted by molar-refractivity contribution is 5.40. The van der Waals surface area contributed by atoms with Gasteiger partial charge >= 0.3 is 0 Å². The van der Waals surface area contributed by atoms with Gasteiger partial charge in [0.25, 0.3) is 0 Å². The minimum absolute atomic E-state index is 0.0871. The molecule has 0 unspecified atom stereocenters. The van der Waals surface area contributed by atoms with E-state index < -0.39 is 0 Å². The monoisotopic (exact) mass is 344 g/mol. The summed E-state index contributed by atoms with van der Waals surface area (Å²) in [6.45, 7) is 5.14. The zero-order chi connectivity index (χ0) is 17.4. The summed E-state index contributed by atoms with van der Waals surface area (Å²) in [6.07, 6.45) is 9.03. The smallest absolute Gasteiger partial charge is 0.165 e. The third kappa shape index (κ3) is 3.00. The summed E-state index contributed by atoms with van der Waals surface area (Å²) in [7, 11) is 0. The molecule has 3 aliphatic carbocycles. The minimum Gasteiger partial charge on any atom is -0.393 e. The number of hydrogen-bond acceptors (Lipinski definition) is 3. The lowest BCUT2D eigenvalue weighted by Gasteiger charge is -2.50. The molecule has 0 radical (unpaired) electrons. The van der Waals surface area contributed by atoms with E-state index in [9.17, 15) is 5.11 Å². The summed E-state index contributed by atoms with van der Waals surface area (Å²) >= 11 is 0. The van der Waals surface area contributed by atoms with Gasteiger partial charge in [0.2, 0.25) is 0 Å². The lowest BCUT2D eigenvalue weighted by molar-refractivity contribution is -0.207. The van der Waals surface area contributed by atoms with Crippen molar-refractivity contribution in [2.75, 3.05) is 6.61 Å². The van der Waals surface area contributed by atoms with Gasteiger partial charge in [0, 0.05) is 0 Å². The topological polar surface area (TPSA) is 38.7 Å². The first kappa shape index (κ1) is 17.4. The Morgan fingerprint density at radius 2 is 2.08 bits per heavy atom. The average Bonchev–Trinajstić information content (AvgIpc) is 2.93. The summed E-state index contributed by atoms with van der Waals surface area (Å²) in [4.78, 5) is 10.8. The third-order valence-electron chi connectivity index (χ3n) is 7.38. The van der Waals surface area contributed by atoms with Crippen LogP contribution >= 0.6 is 0 Å². The van der Waals surface area contributed by atoms with Gasteiger partial charge in [-0.25, -0.2) is 0 Å². The van der Waals surface area contributed by atoms with E-state index in [1.54, 1.807) is 0 Å². The van der Waals surface area contributed by atoms with E-state index in [0.717, 1.165) is 43.8 Å². The van der Waals surface area contributed by atoms with Crippen LogP contribution in [0.25, 0.3) is 0 Å². The first-order valence-electron chi connectivity index (χ1n) is 10.2. The van der Waals surface area contributed by atoms with Crippen LogP contribution in [0.2, 0.25) is 0 Å². The van der Waals surface area contributed by atoms with Gasteiger partial charge in [0.15, 0.2) is 5.75 Å². The van der Waals surface area contributed by atoms with E-state index in [2.05, 4.69) is 32.0 Å². The molecule has 1 aromatic carbocycles. The van der Waals surface area contributed by atoms with E-state index in [4.69, 9.17) is 9.78 Å². The molecule has 0 spiro atoms. The normalized spacial score (nSPS) is 36.4. The molecule has 25 heavy (non-hydrogen) atoms. The zero-order valence-corrected chi connectivity index (χ0v) is 15.7. The molecule has 3 heteroatoms. The summed E-state index contributed by atoms with van der Waals surface area (Å²) in [6, 6.07) is 6.54. The van der Waals surface area contributed by atoms with Crippen molar-refractivity contribution in [3.05, 3.63) is 29.3 Å². The fraction of sp³-hybridized carbons (Fsp3) is 0.727. The van der Waals surface area contributed by atoms with Crippen molar-refractivity contribution in [3.8, 4) is 5.75 Å². The molecular weight excluding hydrogens is 312 g/mol. The van der Waals surface area contributed by atoms with Gasteiger partial charge in [-0.3, -0.25) is 0 Å². The van der Waals surface area contributed by atoms with Crippen LogP contribution < -0.4 is 4.89 Å². The number of unbranched alkanes of at least 4 members (excludes halogenated alkanes) is 1. The Hall–Kier alpha value is -1.06. The van der Waals surface area contributed by atoms with Gasteiger partial charge in [-0.1, -0.05) is 26.3 Å². The molecule has 0 amide bonds. The van der Waals surface area contributed by atoms with Gasteiger partial charge in [-0.05, 0) is 91.4 Å². The highest BCUT2D eigenvalue weighted by Crippen LogP contribution is 2.60. The Morgan fingerprint density at radius 1 is 1.20 bits per heavy atom. The van der Waals surface area contributed by atoms with E-state index in [-0.39, 0.29) is 11.5 Å². The Morgan fingerprint density at radius 3 is 2.92 bits per heavy atom. The maximum Gasteiger partial charge on any atom is 0.165 e. The second-order valence-electron chi connectivity index (χ2n) is 8.67. The van der Waals surface area contributed by atoms with Crippen molar-refractivity contribution >= 4 is 0 Å². The maximum atomic E-state index is 10.5. The highest BCUT2D eigenvalue weighted by Gasteiger charge is 2.54. The Balaban J connectivity index is 1.49. The van der Waals surface area contributed by atoms with Crippen LogP contribution in [0, 0.1) is 17.3 Å². The van der Waals surface area contributed by atoms with Gasteiger partial charge < -0.3 is 9.99 Å². The fourth-order valence-corrected chi connectivity index (χ4v) is 5.90. The molecular formula is C22H32O3. The number of rotatable bonds is 5. The summed E-state index contributed by atoms with van der Waals surface area (Å²) in [5.41, 5.74) is 3.13. The van der Waals surface area contributed by atoms with E-state index in [1.807, 2.05) is 0 Å². The predicted molar refractivity (Wildman–Crippen MR) is 98.6 cm³/mol. The van der Waals surface area contributed by atoms with Crippen LogP contribution in [0.3, 0.4) is 0 Å². The first-order chi connectivity index (χ1) is 12.1. The van der Waals surface area contributed by atoms with E-state index in [1.165, 1.54) is 30.4 Å². The Labute approximate surface area is 151 Å². The summed E-state index contributed by atoms with van der Waals surface area (Å²) in [5.74, 6) is 2.95. The number of aliphatic hydroxyl groups is 1. The predicted octanol–water partition coefficient (Wildman–Crippen LogP) is 5.01. The van der Waals surface area contributed by atoms with Crippen LogP contribution in [0.4, 0.5) is 0 Å². The molecule has 0 aromatic heterocycles. The van der Waals surface area contributed by atoms with Crippen LogP contribution in [-0.2, 0) is 11.3 Å².